The third-order valence-electron chi connectivity index (χ3n) is 3.26. The summed E-state index contributed by atoms with van der Waals surface area (Å²) in [7, 11) is 0. The monoisotopic (exact) mass is 317 g/mol. The number of rotatable bonds is 2. The fourth-order valence-corrected chi connectivity index (χ4v) is 3.30. The van der Waals surface area contributed by atoms with E-state index < -0.39 is 0 Å². The van der Waals surface area contributed by atoms with Gasteiger partial charge in [-0.05, 0) is 23.8 Å². The van der Waals surface area contributed by atoms with Gasteiger partial charge in [0.2, 0.25) is 5.91 Å². The normalized spacial score (nSPS) is 13.0. The summed E-state index contributed by atoms with van der Waals surface area (Å²) in [6, 6.07) is 7.50. The Bertz CT molecular complexity index is 757. The SMILES string of the molecule is O=C1Cc2ccc(Cl)cc2N1Cc1cc(C#CCO)cs1. The lowest BCUT2D eigenvalue weighted by molar-refractivity contribution is -0.117. The summed E-state index contributed by atoms with van der Waals surface area (Å²) in [5.41, 5.74) is 2.77. The maximum absolute atomic E-state index is 12.2. The number of hydrogen-bond acceptors (Lipinski definition) is 3. The lowest BCUT2D eigenvalue weighted by Crippen LogP contribution is -2.25. The summed E-state index contributed by atoms with van der Waals surface area (Å²) in [6.07, 6.45) is 0.426. The fourth-order valence-electron chi connectivity index (χ4n) is 2.33. The number of aliphatic hydroxyl groups excluding tert-OH is 1. The molecule has 1 aromatic carbocycles. The first-order valence-corrected chi connectivity index (χ1v) is 7.69. The van der Waals surface area contributed by atoms with E-state index in [1.165, 1.54) is 0 Å². The average molecular weight is 318 g/mol. The van der Waals surface area contributed by atoms with Crippen LogP contribution < -0.4 is 4.90 Å². The molecule has 0 spiro atoms. The lowest BCUT2D eigenvalue weighted by Gasteiger charge is -2.16. The molecule has 0 unspecified atom stereocenters. The minimum absolute atomic E-state index is 0.0867. The van der Waals surface area contributed by atoms with Crippen molar-refractivity contribution in [2.45, 2.75) is 13.0 Å². The van der Waals surface area contributed by atoms with Crippen LogP contribution in [0.1, 0.15) is 16.0 Å². The molecule has 0 aliphatic carbocycles. The zero-order valence-corrected chi connectivity index (χ0v) is 12.7. The van der Waals surface area contributed by atoms with E-state index in [-0.39, 0.29) is 12.5 Å². The second kappa shape index (κ2) is 5.90. The number of carbonyl (C=O) groups is 1. The van der Waals surface area contributed by atoms with Crippen molar-refractivity contribution in [3.8, 4) is 11.8 Å². The van der Waals surface area contributed by atoms with Gasteiger partial charge in [0.1, 0.15) is 6.61 Å². The molecule has 0 saturated carbocycles. The Morgan fingerprint density at radius 2 is 2.24 bits per heavy atom. The standard InChI is InChI=1S/C16H12ClNO2S/c17-13-4-3-12-7-16(20)18(15(12)8-13)9-14-6-11(10-21-14)2-1-5-19/h3-4,6,8,10,19H,5,7,9H2. The van der Waals surface area contributed by atoms with Gasteiger partial charge in [-0.25, -0.2) is 0 Å². The maximum Gasteiger partial charge on any atom is 0.231 e. The molecular weight excluding hydrogens is 306 g/mol. The first-order valence-electron chi connectivity index (χ1n) is 6.43. The summed E-state index contributed by atoms with van der Waals surface area (Å²) >= 11 is 7.58. The molecule has 1 aliphatic rings. The van der Waals surface area contributed by atoms with Crippen LogP contribution >= 0.6 is 22.9 Å². The van der Waals surface area contributed by atoms with E-state index >= 15 is 0 Å². The van der Waals surface area contributed by atoms with Crippen LogP contribution in [0.15, 0.2) is 29.6 Å². The summed E-state index contributed by atoms with van der Waals surface area (Å²) in [5.74, 6) is 5.57. The van der Waals surface area contributed by atoms with Crippen LogP contribution in [0.3, 0.4) is 0 Å². The van der Waals surface area contributed by atoms with Gasteiger partial charge in [-0.15, -0.1) is 11.3 Å². The van der Waals surface area contributed by atoms with Gasteiger partial charge in [0, 0.05) is 26.5 Å². The summed E-state index contributed by atoms with van der Waals surface area (Å²) in [4.78, 5) is 15.0. The molecule has 2 aromatic rings. The Hall–Kier alpha value is -1.80. The zero-order chi connectivity index (χ0) is 14.8. The molecule has 1 aromatic heterocycles. The number of fused-ring (bicyclic) bond motifs is 1. The van der Waals surface area contributed by atoms with E-state index in [0.29, 0.717) is 18.0 Å². The van der Waals surface area contributed by atoms with Gasteiger partial charge in [-0.3, -0.25) is 4.79 Å². The number of amides is 1. The molecule has 1 aliphatic heterocycles. The van der Waals surface area contributed by atoms with Crippen LogP contribution in [-0.4, -0.2) is 17.6 Å². The van der Waals surface area contributed by atoms with Gasteiger partial charge in [0.05, 0.1) is 13.0 Å². The molecule has 21 heavy (non-hydrogen) atoms. The van der Waals surface area contributed by atoms with Gasteiger partial charge in [-0.2, -0.15) is 0 Å². The first-order chi connectivity index (χ1) is 10.2. The van der Waals surface area contributed by atoms with Gasteiger partial charge >= 0.3 is 0 Å². The van der Waals surface area contributed by atoms with Gasteiger partial charge in [-0.1, -0.05) is 29.5 Å². The number of carbonyl (C=O) groups excluding carboxylic acids is 1. The zero-order valence-electron chi connectivity index (χ0n) is 11.1. The minimum Gasteiger partial charge on any atom is -0.384 e. The molecule has 1 amide bonds. The number of anilines is 1. The molecule has 0 atom stereocenters. The fraction of sp³-hybridized carbons (Fsp3) is 0.188. The quantitative estimate of drug-likeness (QED) is 0.865. The maximum atomic E-state index is 12.2. The highest BCUT2D eigenvalue weighted by Gasteiger charge is 2.27. The van der Waals surface area contributed by atoms with Gasteiger partial charge in [0.15, 0.2) is 0 Å². The molecule has 3 rings (SSSR count). The highest BCUT2D eigenvalue weighted by molar-refractivity contribution is 7.10. The number of nitrogens with zero attached hydrogens (tertiary/aromatic N) is 1. The van der Waals surface area contributed by atoms with Crippen molar-refractivity contribution in [2.24, 2.45) is 0 Å². The van der Waals surface area contributed by atoms with E-state index in [4.69, 9.17) is 16.7 Å². The molecule has 1 N–H and O–H groups in total. The van der Waals surface area contributed by atoms with Crippen molar-refractivity contribution in [1.82, 2.24) is 0 Å². The number of thiophene rings is 1. The molecule has 106 valence electrons. The molecule has 5 heteroatoms. The predicted molar refractivity (Wildman–Crippen MR) is 84.6 cm³/mol. The highest BCUT2D eigenvalue weighted by atomic mass is 35.5. The number of halogens is 1. The Kier molecular flexibility index (Phi) is 3.98. The first kappa shape index (κ1) is 14.2. The predicted octanol–water partition coefficient (Wildman–Crippen LogP) is 2.83. The second-order valence-corrected chi connectivity index (χ2v) is 6.12. The third-order valence-corrected chi connectivity index (χ3v) is 4.42. The van der Waals surface area contributed by atoms with E-state index in [1.54, 1.807) is 16.2 Å². The molecule has 0 fully saturated rings. The van der Waals surface area contributed by atoms with Gasteiger partial charge in [0.25, 0.3) is 0 Å². The average Bonchev–Trinajstić information content (AvgIpc) is 3.03. The second-order valence-electron chi connectivity index (χ2n) is 4.69. The summed E-state index contributed by atoms with van der Waals surface area (Å²) < 4.78 is 0. The number of hydrogen-bond donors (Lipinski definition) is 1. The lowest BCUT2D eigenvalue weighted by atomic mass is 10.2. The molecule has 2 heterocycles. The molecule has 3 nitrogen and oxygen atoms in total. The van der Waals surface area contributed by atoms with E-state index in [1.807, 2.05) is 29.6 Å². The smallest absolute Gasteiger partial charge is 0.231 e. The van der Waals surface area contributed by atoms with E-state index in [0.717, 1.165) is 21.7 Å². The molecule has 0 saturated heterocycles. The van der Waals surface area contributed by atoms with E-state index in [9.17, 15) is 4.79 Å². The van der Waals surface area contributed by atoms with Crippen molar-refractivity contribution in [3.05, 3.63) is 50.7 Å². The Morgan fingerprint density at radius 1 is 1.38 bits per heavy atom. The van der Waals surface area contributed by atoms with Crippen LogP contribution in [0.4, 0.5) is 5.69 Å². The number of benzene rings is 1. The summed E-state index contributed by atoms with van der Waals surface area (Å²) in [5, 5.41) is 11.3. The molecular formula is C16H12ClNO2S. The van der Waals surface area contributed by atoms with Crippen molar-refractivity contribution in [3.63, 3.8) is 0 Å². The Labute approximate surface area is 131 Å². The van der Waals surface area contributed by atoms with Crippen LogP contribution in [0.5, 0.6) is 0 Å². The van der Waals surface area contributed by atoms with E-state index in [2.05, 4.69) is 11.8 Å². The summed E-state index contributed by atoms with van der Waals surface area (Å²) in [6.45, 7) is 0.374. The largest absolute Gasteiger partial charge is 0.384 e. The van der Waals surface area contributed by atoms with Crippen molar-refractivity contribution < 1.29 is 9.90 Å². The number of aliphatic hydroxyl groups is 1. The molecule has 0 radical (unpaired) electrons. The topological polar surface area (TPSA) is 40.5 Å². The minimum atomic E-state index is -0.151. The third kappa shape index (κ3) is 2.96. The molecule has 0 bridgehead atoms. The Balaban J connectivity index is 1.84. The van der Waals surface area contributed by atoms with Crippen LogP contribution in [0.25, 0.3) is 0 Å². The van der Waals surface area contributed by atoms with Crippen LogP contribution in [0.2, 0.25) is 5.02 Å². The van der Waals surface area contributed by atoms with Crippen LogP contribution in [-0.2, 0) is 17.8 Å². The van der Waals surface area contributed by atoms with Crippen molar-refractivity contribution >= 4 is 34.5 Å². The van der Waals surface area contributed by atoms with Crippen molar-refractivity contribution in [1.29, 1.82) is 0 Å². The van der Waals surface area contributed by atoms with Crippen LogP contribution in [0, 0.1) is 11.8 Å². The van der Waals surface area contributed by atoms with Crippen molar-refractivity contribution in [2.75, 3.05) is 11.5 Å². The van der Waals surface area contributed by atoms with Gasteiger partial charge < -0.3 is 10.0 Å². The Morgan fingerprint density at radius 3 is 3.05 bits per heavy atom. The highest BCUT2D eigenvalue weighted by Crippen LogP contribution is 2.33.